The zero-order valence-corrected chi connectivity index (χ0v) is 9.88. The first-order chi connectivity index (χ1) is 5.74. The van der Waals surface area contributed by atoms with Crippen LogP contribution in [0.2, 0.25) is 0 Å². The molecule has 0 aromatic heterocycles. The van der Waals surface area contributed by atoms with E-state index in [0.717, 1.165) is 25.9 Å². The van der Waals surface area contributed by atoms with E-state index in [1.54, 1.807) is 6.92 Å². The maximum atomic E-state index is 11.0. The Morgan fingerprint density at radius 2 is 2.23 bits per heavy atom. The molecule has 0 spiro atoms. The van der Waals surface area contributed by atoms with Crippen LogP contribution in [0.25, 0.3) is 0 Å². The van der Waals surface area contributed by atoms with E-state index < -0.39 is 0 Å². The molecular weight excluding hydrogens is 181 g/mol. The second-order valence-electron chi connectivity index (χ2n) is 3.20. The summed E-state index contributed by atoms with van der Waals surface area (Å²) in [5.74, 6) is 6.62. The predicted molar refractivity (Wildman–Crippen MR) is 59.5 cm³/mol. The number of amides is 1. The fraction of sp³-hybridized carbons (Fsp3) is 0.700. The first-order valence-corrected chi connectivity index (χ1v) is 4.42. The van der Waals surface area contributed by atoms with Crippen LogP contribution in [-0.2, 0) is 4.79 Å². The van der Waals surface area contributed by atoms with Gasteiger partial charge in [-0.05, 0) is 19.8 Å². The number of hydrogen-bond acceptors (Lipinski definition) is 1. The lowest BCUT2D eigenvalue weighted by atomic mass is 9.99. The molecule has 1 aliphatic heterocycles. The molecule has 1 saturated heterocycles. The van der Waals surface area contributed by atoms with Gasteiger partial charge in [0.2, 0.25) is 5.91 Å². The molecule has 1 amide bonds. The number of carbonyl (C=O) groups excluding carboxylic acids is 1. The van der Waals surface area contributed by atoms with Gasteiger partial charge >= 0.3 is 0 Å². The summed E-state index contributed by atoms with van der Waals surface area (Å²) in [6.07, 6.45) is 2.24. The van der Waals surface area contributed by atoms with Gasteiger partial charge in [0.15, 0.2) is 0 Å². The fourth-order valence-electron chi connectivity index (χ4n) is 1.59. The van der Waals surface area contributed by atoms with Gasteiger partial charge in [-0.1, -0.05) is 5.92 Å². The average Bonchev–Trinajstić information content (AvgIpc) is 2.05. The molecule has 13 heavy (non-hydrogen) atoms. The highest BCUT2D eigenvalue weighted by atomic mass is 31.0. The maximum Gasteiger partial charge on any atom is 0.219 e. The molecule has 1 heterocycles. The molecule has 3 heteroatoms. The van der Waals surface area contributed by atoms with Crippen molar-refractivity contribution in [2.24, 2.45) is 5.92 Å². The SMILES string of the molecule is CC#CC1CCCN(C(C)=O)C1.P. The maximum absolute atomic E-state index is 11.0. The lowest BCUT2D eigenvalue weighted by molar-refractivity contribution is -0.130. The minimum atomic E-state index is 0. The summed E-state index contributed by atoms with van der Waals surface area (Å²) in [5.41, 5.74) is 0. The van der Waals surface area contributed by atoms with Crippen molar-refractivity contribution in [2.45, 2.75) is 26.7 Å². The number of rotatable bonds is 0. The standard InChI is InChI=1S/C10H15NO.H3P/c1-3-5-10-6-4-7-11(8-10)9(2)12;/h10H,4,6-8H2,1-2H3;1H3. The van der Waals surface area contributed by atoms with E-state index in [4.69, 9.17) is 0 Å². The Bertz CT molecular complexity index is 229. The summed E-state index contributed by atoms with van der Waals surface area (Å²) >= 11 is 0. The Hall–Kier alpha value is -0.540. The molecule has 0 saturated carbocycles. The predicted octanol–water partition coefficient (Wildman–Crippen LogP) is 1.33. The van der Waals surface area contributed by atoms with Gasteiger partial charge in [-0.3, -0.25) is 4.79 Å². The van der Waals surface area contributed by atoms with Crippen LogP contribution >= 0.6 is 9.90 Å². The number of likely N-dealkylation sites (tertiary alicyclic amines) is 1. The Kier molecular flexibility index (Phi) is 5.75. The van der Waals surface area contributed by atoms with Gasteiger partial charge < -0.3 is 4.90 Å². The number of hydrogen-bond donors (Lipinski definition) is 0. The van der Waals surface area contributed by atoms with Crippen LogP contribution in [0.1, 0.15) is 26.7 Å². The van der Waals surface area contributed by atoms with Crippen molar-refractivity contribution in [3.05, 3.63) is 0 Å². The molecule has 0 radical (unpaired) electrons. The molecule has 2 nitrogen and oxygen atoms in total. The van der Waals surface area contributed by atoms with E-state index in [0.29, 0.717) is 5.92 Å². The summed E-state index contributed by atoms with van der Waals surface area (Å²) in [7, 11) is 0. The molecule has 0 bridgehead atoms. The lowest BCUT2D eigenvalue weighted by Gasteiger charge is -2.29. The van der Waals surface area contributed by atoms with E-state index >= 15 is 0 Å². The zero-order valence-electron chi connectivity index (χ0n) is 8.47. The average molecular weight is 199 g/mol. The molecule has 0 N–H and O–H groups in total. The summed E-state index contributed by atoms with van der Waals surface area (Å²) < 4.78 is 0. The fourth-order valence-corrected chi connectivity index (χ4v) is 1.59. The molecule has 0 aliphatic carbocycles. The molecular formula is C10H18NOP. The molecule has 0 aromatic rings. The summed E-state index contributed by atoms with van der Waals surface area (Å²) in [6.45, 7) is 5.22. The van der Waals surface area contributed by atoms with E-state index in [2.05, 4.69) is 11.8 Å². The van der Waals surface area contributed by atoms with Crippen LogP contribution in [0.3, 0.4) is 0 Å². The van der Waals surface area contributed by atoms with Crippen molar-refractivity contribution < 1.29 is 4.79 Å². The van der Waals surface area contributed by atoms with Crippen LogP contribution in [0.15, 0.2) is 0 Å². The smallest absolute Gasteiger partial charge is 0.219 e. The molecule has 74 valence electrons. The molecule has 1 rings (SSSR count). The van der Waals surface area contributed by atoms with E-state index in [-0.39, 0.29) is 15.8 Å². The van der Waals surface area contributed by atoms with Gasteiger partial charge in [0, 0.05) is 25.9 Å². The highest BCUT2D eigenvalue weighted by molar-refractivity contribution is 6.92. The van der Waals surface area contributed by atoms with Crippen molar-refractivity contribution in [3.63, 3.8) is 0 Å². The van der Waals surface area contributed by atoms with Crippen LogP contribution in [0.5, 0.6) is 0 Å². The van der Waals surface area contributed by atoms with Gasteiger partial charge in [0.1, 0.15) is 0 Å². The van der Waals surface area contributed by atoms with E-state index in [1.165, 1.54) is 0 Å². The van der Waals surface area contributed by atoms with E-state index in [9.17, 15) is 4.79 Å². The second kappa shape index (κ2) is 6.00. The van der Waals surface area contributed by atoms with Gasteiger partial charge in [-0.25, -0.2) is 0 Å². The molecule has 1 aliphatic rings. The van der Waals surface area contributed by atoms with Gasteiger partial charge in [-0.2, -0.15) is 9.90 Å². The second-order valence-corrected chi connectivity index (χ2v) is 3.20. The first-order valence-electron chi connectivity index (χ1n) is 4.42. The van der Waals surface area contributed by atoms with Crippen molar-refractivity contribution in [2.75, 3.05) is 13.1 Å². The van der Waals surface area contributed by atoms with Crippen LogP contribution in [0.4, 0.5) is 0 Å². The van der Waals surface area contributed by atoms with Crippen molar-refractivity contribution >= 4 is 15.8 Å². The normalized spacial score (nSPS) is 21.1. The molecule has 0 aromatic carbocycles. The minimum absolute atomic E-state index is 0. The van der Waals surface area contributed by atoms with E-state index in [1.807, 2.05) is 11.8 Å². The number of piperidine rings is 1. The van der Waals surface area contributed by atoms with Gasteiger partial charge in [0.25, 0.3) is 0 Å². The van der Waals surface area contributed by atoms with Crippen LogP contribution < -0.4 is 0 Å². The summed E-state index contributed by atoms with van der Waals surface area (Å²) in [6, 6.07) is 0. The van der Waals surface area contributed by atoms with Crippen LogP contribution in [0, 0.1) is 17.8 Å². The summed E-state index contributed by atoms with van der Waals surface area (Å²) in [4.78, 5) is 12.9. The third kappa shape index (κ3) is 3.79. The molecule has 2 unspecified atom stereocenters. The number of carbonyl (C=O) groups is 1. The third-order valence-corrected chi connectivity index (χ3v) is 2.22. The third-order valence-electron chi connectivity index (χ3n) is 2.22. The highest BCUT2D eigenvalue weighted by Crippen LogP contribution is 2.15. The zero-order chi connectivity index (χ0) is 8.97. The number of nitrogens with zero attached hydrogens (tertiary/aromatic N) is 1. The minimum Gasteiger partial charge on any atom is -0.342 e. The largest absolute Gasteiger partial charge is 0.342 e. The molecule has 2 atom stereocenters. The Balaban J connectivity index is 0.00000144. The Morgan fingerprint density at radius 1 is 1.54 bits per heavy atom. The van der Waals surface area contributed by atoms with Gasteiger partial charge in [-0.15, -0.1) is 5.92 Å². The highest BCUT2D eigenvalue weighted by Gasteiger charge is 2.19. The van der Waals surface area contributed by atoms with Crippen molar-refractivity contribution in [1.82, 2.24) is 4.90 Å². The Labute approximate surface area is 83.7 Å². The monoisotopic (exact) mass is 199 g/mol. The molecule has 1 fully saturated rings. The van der Waals surface area contributed by atoms with Crippen molar-refractivity contribution in [1.29, 1.82) is 0 Å². The Morgan fingerprint density at radius 3 is 2.77 bits per heavy atom. The quantitative estimate of drug-likeness (QED) is 0.425. The van der Waals surface area contributed by atoms with Crippen molar-refractivity contribution in [3.8, 4) is 11.8 Å². The van der Waals surface area contributed by atoms with Crippen LogP contribution in [-0.4, -0.2) is 23.9 Å². The lowest BCUT2D eigenvalue weighted by Crippen LogP contribution is -2.38. The topological polar surface area (TPSA) is 20.3 Å². The first kappa shape index (κ1) is 12.5. The summed E-state index contributed by atoms with van der Waals surface area (Å²) in [5, 5.41) is 0. The van der Waals surface area contributed by atoms with Gasteiger partial charge in [0.05, 0.1) is 0 Å².